The van der Waals surface area contributed by atoms with Crippen LogP contribution in [0.4, 0.5) is 11.4 Å². The van der Waals surface area contributed by atoms with Gasteiger partial charge in [-0.15, -0.1) is 12.4 Å². The van der Waals surface area contributed by atoms with Gasteiger partial charge in [-0.05, 0) is 25.0 Å². The number of aromatic amines is 1. The molecule has 1 aromatic carbocycles. The van der Waals surface area contributed by atoms with Crippen molar-refractivity contribution in [2.24, 2.45) is 0 Å². The molecule has 0 radical (unpaired) electrons. The van der Waals surface area contributed by atoms with E-state index in [1.807, 2.05) is 13.0 Å². The van der Waals surface area contributed by atoms with Gasteiger partial charge in [-0.1, -0.05) is 6.07 Å². The van der Waals surface area contributed by atoms with Crippen molar-refractivity contribution in [1.29, 1.82) is 0 Å². The highest BCUT2D eigenvalue weighted by Crippen LogP contribution is 2.25. The average molecular weight is 395 g/mol. The van der Waals surface area contributed by atoms with Gasteiger partial charge >= 0.3 is 0 Å². The number of amides is 1. The molecule has 1 aliphatic rings. The highest BCUT2D eigenvalue weighted by molar-refractivity contribution is 5.94. The predicted octanol–water partition coefficient (Wildman–Crippen LogP) is 1.93. The molecule has 146 valence electrons. The number of nitro groups is 1. The van der Waals surface area contributed by atoms with Crippen LogP contribution in [0, 0.1) is 17.0 Å². The standard InChI is InChI=1S/C17H22N6O3.ClH/c1-11-3-4-14(15(9-11)23(25)26)19-6-2-7-20-17(24)16-12-10-18-8-5-13(12)21-22-16;/h3-4,9,18-19H,2,5-8,10H2,1H3,(H,20,24)(H,21,22);1H. The Kier molecular flexibility index (Phi) is 7.14. The second-order valence-electron chi connectivity index (χ2n) is 6.27. The third-order valence-corrected chi connectivity index (χ3v) is 4.33. The monoisotopic (exact) mass is 394 g/mol. The molecule has 1 aromatic heterocycles. The van der Waals surface area contributed by atoms with Crippen molar-refractivity contribution in [3.05, 3.63) is 50.8 Å². The van der Waals surface area contributed by atoms with Gasteiger partial charge in [-0.3, -0.25) is 20.0 Å². The fourth-order valence-electron chi connectivity index (χ4n) is 2.95. The maximum Gasteiger partial charge on any atom is 0.292 e. The highest BCUT2D eigenvalue weighted by atomic mass is 35.5. The Hall–Kier alpha value is -2.65. The minimum absolute atomic E-state index is 0. The number of carbonyl (C=O) groups is 1. The quantitative estimate of drug-likeness (QED) is 0.323. The first-order valence-electron chi connectivity index (χ1n) is 8.60. The van der Waals surface area contributed by atoms with Crippen LogP contribution in [-0.2, 0) is 13.0 Å². The second-order valence-corrected chi connectivity index (χ2v) is 6.27. The van der Waals surface area contributed by atoms with E-state index in [-0.39, 0.29) is 24.0 Å². The first kappa shape index (κ1) is 20.7. The van der Waals surface area contributed by atoms with Crippen molar-refractivity contribution >= 4 is 29.7 Å². The lowest BCUT2D eigenvalue weighted by Gasteiger charge is -2.13. The van der Waals surface area contributed by atoms with Gasteiger partial charge in [0.2, 0.25) is 0 Å². The van der Waals surface area contributed by atoms with E-state index in [1.165, 1.54) is 0 Å². The summed E-state index contributed by atoms with van der Waals surface area (Å²) < 4.78 is 0. The number of fused-ring (bicyclic) bond motifs is 1. The molecule has 0 spiro atoms. The van der Waals surface area contributed by atoms with Gasteiger partial charge in [0.15, 0.2) is 5.69 Å². The third-order valence-electron chi connectivity index (χ3n) is 4.33. The number of aromatic nitrogens is 2. The zero-order valence-electron chi connectivity index (χ0n) is 15.0. The molecule has 9 nitrogen and oxygen atoms in total. The summed E-state index contributed by atoms with van der Waals surface area (Å²) in [6.07, 6.45) is 1.48. The second kappa shape index (κ2) is 9.33. The van der Waals surface area contributed by atoms with Gasteiger partial charge < -0.3 is 16.0 Å². The number of rotatable bonds is 7. The number of nitro benzene ring substituents is 1. The molecule has 2 heterocycles. The minimum atomic E-state index is -0.397. The average Bonchev–Trinajstić information content (AvgIpc) is 3.06. The van der Waals surface area contributed by atoms with E-state index in [9.17, 15) is 14.9 Å². The van der Waals surface area contributed by atoms with Crippen molar-refractivity contribution in [1.82, 2.24) is 20.8 Å². The summed E-state index contributed by atoms with van der Waals surface area (Å²) in [5.74, 6) is -0.201. The zero-order valence-corrected chi connectivity index (χ0v) is 15.8. The molecule has 0 saturated carbocycles. The van der Waals surface area contributed by atoms with Crippen LogP contribution in [0.15, 0.2) is 18.2 Å². The van der Waals surface area contributed by atoms with Crippen molar-refractivity contribution < 1.29 is 9.72 Å². The number of benzene rings is 1. The normalized spacial score (nSPS) is 12.6. The Labute approximate surface area is 162 Å². The summed E-state index contributed by atoms with van der Waals surface area (Å²) in [6.45, 7) is 4.32. The SMILES string of the molecule is Cc1ccc(NCCCNC(=O)c2n[nH]c3c2CNCC3)c([N+](=O)[O-])c1.Cl. The van der Waals surface area contributed by atoms with E-state index in [2.05, 4.69) is 26.1 Å². The van der Waals surface area contributed by atoms with Crippen molar-refractivity contribution in [2.45, 2.75) is 26.3 Å². The van der Waals surface area contributed by atoms with Gasteiger partial charge in [-0.25, -0.2) is 0 Å². The maximum absolute atomic E-state index is 12.3. The first-order chi connectivity index (χ1) is 12.6. The highest BCUT2D eigenvalue weighted by Gasteiger charge is 2.21. The van der Waals surface area contributed by atoms with Gasteiger partial charge in [0.1, 0.15) is 5.69 Å². The fraction of sp³-hybridized carbons (Fsp3) is 0.412. The molecule has 10 heteroatoms. The Morgan fingerprint density at radius 1 is 1.37 bits per heavy atom. The number of carbonyl (C=O) groups excluding carboxylic acids is 1. The molecule has 0 bridgehead atoms. The molecular formula is C17H23ClN6O3. The number of nitrogens with zero attached hydrogens (tertiary/aromatic N) is 2. The summed E-state index contributed by atoms with van der Waals surface area (Å²) in [5.41, 5.74) is 3.77. The lowest BCUT2D eigenvalue weighted by molar-refractivity contribution is -0.384. The fourth-order valence-corrected chi connectivity index (χ4v) is 2.95. The van der Waals surface area contributed by atoms with Crippen molar-refractivity contribution in [3.8, 4) is 0 Å². The Bertz CT molecular complexity index is 823. The summed E-state index contributed by atoms with van der Waals surface area (Å²) in [5, 5.41) is 27.3. The molecule has 0 saturated heterocycles. The van der Waals surface area contributed by atoms with E-state index in [1.54, 1.807) is 12.1 Å². The molecule has 1 amide bonds. The molecule has 27 heavy (non-hydrogen) atoms. The number of anilines is 1. The maximum atomic E-state index is 12.3. The van der Waals surface area contributed by atoms with Crippen LogP contribution < -0.4 is 16.0 Å². The zero-order chi connectivity index (χ0) is 18.5. The van der Waals surface area contributed by atoms with E-state index < -0.39 is 4.92 Å². The Morgan fingerprint density at radius 2 is 2.19 bits per heavy atom. The third kappa shape index (κ3) is 4.95. The molecule has 0 unspecified atom stereocenters. The lowest BCUT2D eigenvalue weighted by Crippen LogP contribution is -2.29. The molecule has 2 aromatic rings. The summed E-state index contributed by atoms with van der Waals surface area (Å²) in [7, 11) is 0. The van der Waals surface area contributed by atoms with Gasteiger partial charge in [0.25, 0.3) is 11.6 Å². The number of halogens is 1. The molecule has 0 atom stereocenters. The van der Waals surface area contributed by atoms with Crippen LogP contribution in [0.2, 0.25) is 0 Å². The van der Waals surface area contributed by atoms with E-state index >= 15 is 0 Å². The predicted molar refractivity (Wildman–Crippen MR) is 105 cm³/mol. The lowest BCUT2D eigenvalue weighted by atomic mass is 10.1. The van der Waals surface area contributed by atoms with Crippen molar-refractivity contribution in [3.63, 3.8) is 0 Å². The van der Waals surface area contributed by atoms with Crippen LogP contribution in [-0.4, -0.2) is 40.7 Å². The largest absolute Gasteiger partial charge is 0.379 e. The Balaban J connectivity index is 0.00000261. The van der Waals surface area contributed by atoms with Crippen LogP contribution in [0.3, 0.4) is 0 Å². The molecule has 3 rings (SSSR count). The van der Waals surface area contributed by atoms with Crippen LogP contribution in [0.25, 0.3) is 0 Å². The molecule has 4 N–H and O–H groups in total. The number of aryl methyl sites for hydroxylation is 1. The molecular weight excluding hydrogens is 372 g/mol. The van der Waals surface area contributed by atoms with Crippen LogP contribution >= 0.6 is 12.4 Å². The smallest absolute Gasteiger partial charge is 0.292 e. The van der Waals surface area contributed by atoms with E-state index in [0.29, 0.717) is 37.4 Å². The first-order valence-corrected chi connectivity index (χ1v) is 8.60. The Morgan fingerprint density at radius 3 is 2.96 bits per heavy atom. The van der Waals surface area contributed by atoms with Gasteiger partial charge in [0.05, 0.1) is 4.92 Å². The number of H-pyrrole nitrogens is 1. The topological polar surface area (TPSA) is 125 Å². The summed E-state index contributed by atoms with van der Waals surface area (Å²) in [4.78, 5) is 23.0. The molecule has 1 aliphatic heterocycles. The van der Waals surface area contributed by atoms with Crippen LogP contribution in [0.1, 0.15) is 33.7 Å². The number of hydrogen-bond acceptors (Lipinski definition) is 6. The summed E-state index contributed by atoms with van der Waals surface area (Å²) >= 11 is 0. The minimum Gasteiger partial charge on any atom is -0.379 e. The van der Waals surface area contributed by atoms with E-state index in [0.717, 1.165) is 29.8 Å². The molecule has 0 fully saturated rings. The van der Waals surface area contributed by atoms with Crippen LogP contribution in [0.5, 0.6) is 0 Å². The summed E-state index contributed by atoms with van der Waals surface area (Å²) in [6, 6.07) is 5.07. The van der Waals surface area contributed by atoms with E-state index in [4.69, 9.17) is 0 Å². The molecule has 0 aliphatic carbocycles. The number of nitrogens with one attached hydrogen (secondary N) is 4. The van der Waals surface area contributed by atoms with Gasteiger partial charge in [-0.2, -0.15) is 5.10 Å². The number of hydrogen-bond donors (Lipinski definition) is 4. The van der Waals surface area contributed by atoms with Gasteiger partial charge in [0, 0.05) is 49.9 Å². The van der Waals surface area contributed by atoms with Crippen molar-refractivity contribution in [2.75, 3.05) is 25.0 Å².